The first-order valence-corrected chi connectivity index (χ1v) is 11.2. The third-order valence-corrected chi connectivity index (χ3v) is 6.27. The second-order valence-electron chi connectivity index (χ2n) is 6.55. The molecule has 4 rings (SSSR count). The first kappa shape index (κ1) is 20.2. The van der Waals surface area contributed by atoms with Gasteiger partial charge in [0, 0.05) is 18.7 Å². The number of nitrogen functional groups attached to an aromatic ring is 1. The fraction of sp³-hybridized carbons (Fsp3) is 0.200. The molecule has 0 atom stereocenters. The van der Waals surface area contributed by atoms with Gasteiger partial charge in [0.15, 0.2) is 5.16 Å². The van der Waals surface area contributed by atoms with Gasteiger partial charge in [0.2, 0.25) is 0 Å². The number of carbonyl (C=O) groups is 2. The van der Waals surface area contributed by atoms with Crippen molar-refractivity contribution in [2.24, 2.45) is 5.73 Å². The summed E-state index contributed by atoms with van der Waals surface area (Å²) >= 11 is 2.52. The van der Waals surface area contributed by atoms with Crippen molar-refractivity contribution in [2.45, 2.75) is 11.6 Å². The average molecular weight is 442 g/mol. The highest BCUT2D eigenvalue weighted by Gasteiger charge is 2.22. The van der Waals surface area contributed by atoms with Crippen LogP contribution in [-0.2, 0) is 0 Å². The largest absolute Gasteiger partial charge is 0.415 e. The Labute approximate surface area is 180 Å². The summed E-state index contributed by atoms with van der Waals surface area (Å²) in [5.41, 5.74) is 13.2. The Morgan fingerprint density at radius 1 is 1.27 bits per heavy atom. The highest BCUT2D eigenvalue weighted by Crippen LogP contribution is 2.39. The number of thioether (sulfide) groups is 1. The number of nitrogens with zero attached hydrogens (tertiary/aromatic N) is 3. The van der Waals surface area contributed by atoms with Crippen LogP contribution in [0.15, 0.2) is 41.6 Å². The second kappa shape index (κ2) is 8.33. The van der Waals surface area contributed by atoms with E-state index in [0.29, 0.717) is 45.5 Å². The third kappa shape index (κ3) is 3.83. The van der Waals surface area contributed by atoms with Crippen LogP contribution in [0.25, 0.3) is 21.5 Å². The molecule has 0 fully saturated rings. The fourth-order valence-corrected chi connectivity index (χ4v) is 4.53. The number of amides is 2. The van der Waals surface area contributed by atoms with E-state index in [0.717, 1.165) is 17.8 Å². The normalized spacial score (nSPS) is 13.6. The van der Waals surface area contributed by atoms with Gasteiger partial charge in [-0.25, -0.2) is 14.8 Å². The van der Waals surface area contributed by atoms with Gasteiger partial charge in [-0.2, -0.15) is 0 Å². The lowest BCUT2D eigenvalue weighted by molar-refractivity contribution is 0.100. The van der Waals surface area contributed by atoms with Crippen molar-refractivity contribution >= 4 is 51.0 Å². The van der Waals surface area contributed by atoms with Crippen LogP contribution in [0.4, 0.5) is 10.5 Å². The predicted octanol–water partition coefficient (Wildman–Crippen LogP) is 3.52. The minimum absolute atomic E-state index is 0.250. The summed E-state index contributed by atoms with van der Waals surface area (Å²) in [5.74, 6) is -0.209. The number of aromatic nitrogens is 2. The van der Waals surface area contributed by atoms with E-state index in [1.165, 1.54) is 11.8 Å². The van der Waals surface area contributed by atoms with Gasteiger partial charge in [-0.3, -0.25) is 4.79 Å². The number of hydrogen-bond acceptors (Lipinski definition) is 8. The second-order valence-corrected chi connectivity index (χ2v) is 8.32. The van der Waals surface area contributed by atoms with Gasteiger partial charge in [-0.05, 0) is 24.8 Å². The third-order valence-electron chi connectivity index (χ3n) is 4.60. The standard InChI is InChI=1S/C20H19N5O3S2/c1-29-19-23-15(13-14(21)16(17(22)26)30-18(13)24-19)11-6-5-7-12(10-11)28-20(27)25-8-3-2-4-9-25/h2-3,5-7,10H,4,8-9,21H2,1H3,(H2,22,26). The van der Waals surface area contributed by atoms with Crippen molar-refractivity contribution in [2.75, 3.05) is 25.1 Å². The predicted molar refractivity (Wildman–Crippen MR) is 119 cm³/mol. The molecule has 2 aromatic heterocycles. The number of rotatable bonds is 4. The fourth-order valence-electron chi connectivity index (χ4n) is 3.16. The molecule has 3 aromatic rings. The molecule has 4 N–H and O–H groups in total. The summed E-state index contributed by atoms with van der Waals surface area (Å²) in [6.07, 6.45) is 6.26. The topological polar surface area (TPSA) is 124 Å². The van der Waals surface area contributed by atoms with E-state index < -0.39 is 12.0 Å². The molecular formula is C20H19N5O3S2. The van der Waals surface area contributed by atoms with E-state index in [1.54, 1.807) is 23.1 Å². The van der Waals surface area contributed by atoms with Crippen LogP contribution in [0, 0.1) is 0 Å². The maximum absolute atomic E-state index is 12.4. The van der Waals surface area contributed by atoms with Crippen LogP contribution in [0.5, 0.6) is 5.75 Å². The van der Waals surface area contributed by atoms with Crippen LogP contribution >= 0.6 is 23.1 Å². The van der Waals surface area contributed by atoms with E-state index in [4.69, 9.17) is 16.2 Å². The quantitative estimate of drug-likeness (QED) is 0.360. The highest BCUT2D eigenvalue weighted by molar-refractivity contribution is 7.98. The Hall–Kier alpha value is -3.11. The Morgan fingerprint density at radius 2 is 2.10 bits per heavy atom. The molecular weight excluding hydrogens is 422 g/mol. The van der Waals surface area contributed by atoms with Gasteiger partial charge in [-0.1, -0.05) is 36.0 Å². The zero-order valence-corrected chi connectivity index (χ0v) is 17.8. The molecule has 0 unspecified atom stereocenters. The number of benzene rings is 1. The summed E-state index contributed by atoms with van der Waals surface area (Å²) < 4.78 is 5.56. The first-order valence-electron chi connectivity index (χ1n) is 9.14. The number of fused-ring (bicyclic) bond motifs is 1. The Balaban J connectivity index is 1.75. The van der Waals surface area contributed by atoms with Crippen molar-refractivity contribution in [3.05, 3.63) is 41.3 Å². The molecule has 3 heterocycles. The van der Waals surface area contributed by atoms with Crippen LogP contribution in [0.2, 0.25) is 0 Å². The zero-order valence-electron chi connectivity index (χ0n) is 16.1. The average Bonchev–Trinajstić information content (AvgIpc) is 3.10. The molecule has 1 aromatic carbocycles. The number of ether oxygens (including phenoxy) is 1. The molecule has 0 radical (unpaired) electrons. The van der Waals surface area contributed by atoms with Crippen molar-refractivity contribution in [3.63, 3.8) is 0 Å². The van der Waals surface area contributed by atoms with E-state index in [2.05, 4.69) is 9.97 Å². The van der Waals surface area contributed by atoms with Gasteiger partial charge >= 0.3 is 6.09 Å². The van der Waals surface area contributed by atoms with Gasteiger partial charge in [0.05, 0.1) is 16.8 Å². The number of thiophene rings is 1. The smallest absolute Gasteiger partial charge is 0.410 e. The minimum atomic E-state index is -0.606. The SMILES string of the molecule is CSc1nc(-c2cccc(OC(=O)N3CC=CCC3)c2)c2c(N)c(C(N)=O)sc2n1. The maximum Gasteiger partial charge on any atom is 0.415 e. The summed E-state index contributed by atoms with van der Waals surface area (Å²) in [4.78, 5) is 35.7. The van der Waals surface area contributed by atoms with Crippen molar-refractivity contribution in [3.8, 4) is 17.0 Å². The lowest BCUT2D eigenvalue weighted by Gasteiger charge is -2.22. The molecule has 0 saturated heterocycles. The molecule has 0 saturated carbocycles. The van der Waals surface area contributed by atoms with Crippen LogP contribution in [-0.4, -0.2) is 46.2 Å². The van der Waals surface area contributed by atoms with Crippen LogP contribution in [0.1, 0.15) is 16.1 Å². The Bertz CT molecular complexity index is 1170. The van der Waals surface area contributed by atoms with Gasteiger partial charge in [0.25, 0.3) is 5.91 Å². The summed E-state index contributed by atoms with van der Waals surface area (Å²) in [5, 5.41) is 1.11. The molecule has 1 aliphatic rings. The monoisotopic (exact) mass is 441 g/mol. The lowest BCUT2D eigenvalue weighted by atomic mass is 10.1. The Kier molecular flexibility index (Phi) is 5.60. The number of carbonyl (C=O) groups excluding carboxylic acids is 2. The van der Waals surface area contributed by atoms with Crippen molar-refractivity contribution < 1.29 is 14.3 Å². The molecule has 10 heteroatoms. The van der Waals surface area contributed by atoms with Gasteiger partial charge < -0.3 is 21.1 Å². The van der Waals surface area contributed by atoms with Gasteiger partial charge in [0.1, 0.15) is 15.5 Å². The maximum atomic E-state index is 12.4. The molecule has 0 aliphatic carbocycles. The van der Waals surface area contributed by atoms with Crippen molar-refractivity contribution in [1.29, 1.82) is 0 Å². The molecule has 154 valence electrons. The Morgan fingerprint density at radius 3 is 2.80 bits per heavy atom. The number of nitrogens with two attached hydrogens (primary N) is 2. The summed E-state index contributed by atoms with van der Waals surface area (Å²) in [6.45, 7) is 1.16. The first-order chi connectivity index (χ1) is 14.5. The molecule has 0 bridgehead atoms. The molecule has 2 amide bonds. The summed E-state index contributed by atoms with van der Waals surface area (Å²) in [6, 6.07) is 7.05. The number of hydrogen-bond donors (Lipinski definition) is 2. The minimum Gasteiger partial charge on any atom is -0.410 e. The number of anilines is 1. The van der Waals surface area contributed by atoms with Gasteiger partial charge in [-0.15, -0.1) is 11.3 Å². The van der Waals surface area contributed by atoms with Crippen LogP contribution < -0.4 is 16.2 Å². The van der Waals surface area contributed by atoms with E-state index in [-0.39, 0.29) is 10.6 Å². The highest BCUT2D eigenvalue weighted by atomic mass is 32.2. The van der Waals surface area contributed by atoms with Crippen molar-refractivity contribution in [1.82, 2.24) is 14.9 Å². The van der Waals surface area contributed by atoms with E-state index in [1.807, 2.05) is 24.5 Å². The molecule has 30 heavy (non-hydrogen) atoms. The molecule has 1 aliphatic heterocycles. The van der Waals surface area contributed by atoms with E-state index >= 15 is 0 Å². The lowest BCUT2D eigenvalue weighted by Crippen LogP contribution is -2.35. The molecule has 0 spiro atoms. The molecule has 8 nitrogen and oxygen atoms in total. The van der Waals surface area contributed by atoms with E-state index in [9.17, 15) is 9.59 Å². The van der Waals surface area contributed by atoms with Crippen LogP contribution in [0.3, 0.4) is 0 Å². The zero-order chi connectivity index (χ0) is 21.3. The summed E-state index contributed by atoms with van der Waals surface area (Å²) in [7, 11) is 0. The number of primary amides is 1.